The number of hydrogen-bond donors (Lipinski definition) is 2. The smallest absolute Gasteiger partial charge is 0.256 e. The van der Waals surface area contributed by atoms with Gasteiger partial charge in [0.15, 0.2) is 6.10 Å². The van der Waals surface area contributed by atoms with Crippen molar-refractivity contribution in [3.63, 3.8) is 0 Å². The van der Waals surface area contributed by atoms with E-state index in [2.05, 4.69) is 45.2 Å². The Morgan fingerprint density at radius 2 is 1.87 bits per heavy atom. The first-order chi connectivity index (χ1) is 18.4. The lowest BCUT2D eigenvalue weighted by Crippen LogP contribution is -2.36. The summed E-state index contributed by atoms with van der Waals surface area (Å²) in [5.74, 6) is 1.00. The first kappa shape index (κ1) is 25.5. The largest absolute Gasteiger partial charge is 0.378 e. The Labute approximate surface area is 231 Å². The van der Waals surface area contributed by atoms with Crippen LogP contribution >= 0.6 is 15.9 Å². The van der Waals surface area contributed by atoms with Crippen LogP contribution in [0.4, 0.5) is 0 Å². The molecule has 2 N–H and O–H groups in total. The number of amides is 1. The highest BCUT2D eigenvalue weighted by Crippen LogP contribution is 2.52. The maximum absolute atomic E-state index is 13.4. The molecular weight excluding hydrogens is 542 g/mol. The van der Waals surface area contributed by atoms with Gasteiger partial charge in [-0.05, 0) is 73.3 Å². The number of rotatable bonds is 5. The van der Waals surface area contributed by atoms with E-state index in [0.717, 1.165) is 28.8 Å². The van der Waals surface area contributed by atoms with Crippen molar-refractivity contribution in [3.05, 3.63) is 97.1 Å². The molecule has 2 aliphatic carbocycles. The quantitative estimate of drug-likeness (QED) is 0.410. The molecule has 2 saturated carbocycles. The molecule has 0 unspecified atom stereocenters. The predicted molar refractivity (Wildman–Crippen MR) is 150 cm³/mol. The average molecular weight is 577 g/mol. The Kier molecular flexibility index (Phi) is 6.99. The monoisotopic (exact) mass is 575 g/mol. The third-order valence-corrected chi connectivity index (χ3v) is 9.21. The molecule has 6 rings (SSSR count). The number of fused-ring (bicyclic) bond motifs is 1. The molecule has 0 spiro atoms. The van der Waals surface area contributed by atoms with Crippen LogP contribution < -0.4 is 5.56 Å². The molecule has 1 atom stereocenters. The highest BCUT2D eigenvalue weighted by molar-refractivity contribution is 9.10. The van der Waals surface area contributed by atoms with E-state index in [1.165, 1.54) is 43.2 Å². The zero-order chi connectivity index (χ0) is 26.3. The van der Waals surface area contributed by atoms with Crippen LogP contribution in [0.1, 0.15) is 97.2 Å². The highest BCUT2D eigenvalue weighted by atomic mass is 79.9. The Bertz CT molecular complexity index is 1410. The van der Waals surface area contributed by atoms with Gasteiger partial charge < -0.3 is 15.0 Å². The van der Waals surface area contributed by atoms with E-state index < -0.39 is 12.0 Å². The molecule has 6 nitrogen and oxygen atoms in total. The zero-order valence-corrected chi connectivity index (χ0v) is 23.2. The standard InChI is InChI=1S/C31H34BrN3O3/c32-24-12-5-10-22(18-24)27(36)29(38)35-16-6-13-26-25(19-35)28(37)34-30(33-26)31(14-15-31)23-11-4-9-21(17-23)20-7-2-1-3-8-20/h4-5,9-12,17-18,20,27,36H,1-3,6-8,13-16,19H2,(H,33,34,37)/t27-/m1/s1. The molecule has 0 radical (unpaired) electrons. The van der Waals surface area contributed by atoms with Crippen LogP contribution in [0.15, 0.2) is 57.8 Å². The second kappa shape index (κ2) is 10.4. The fourth-order valence-electron chi connectivity index (χ4n) is 6.34. The molecule has 3 aliphatic rings. The lowest BCUT2D eigenvalue weighted by Gasteiger charge is -2.24. The first-order valence-corrected chi connectivity index (χ1v) is 14.7. The van der Waals surface area contributed by atoms with E-state index in [1.807, 2.05) is 6.07 Å². The number of benzene rings is 2. The average Bonchev–Trinajstić information content (AvgIpc) is 3.77. The topological polar surface area (TPSA) is 86.3 Å². The molecule has 2 fully saturated rings. The van der Waals surface area contributed by atoms with E-state index in [9.17, 15) is 14.7 Å². The first-order valence-electron chi connectivity index (χ1n) is 13.9. The zero-order valence-electron chi connectivity index (χ0n) is 21.6. The predicted octanol–water partition coefficient (Wildman–Crippen LogP) is 5.67. The number of hydrogen-bond acceptors (Lipinski definition) is 4. The molecule has 1 amide bonds. The SMILES string of the molecule is O=C([C@H](O)c1cccc(Br)c1)N1CCCc2nc(C3(c4cccc(C5CCCCC5)c4)CC3)[nH]c(=O)c2C1. The molecule has 1 aliphatic heterocycles. The van der Waals surface area contributed by atoms with Gasteiger partial charge in [0.2, 0.25) is 0 Å². The molecule has 1 aromatic heterocycles. The van der Waals surface area contributed by atoms with Gasteiger partial charge in [-0.2, -0.15) is 0 Å². The number of aryl methyl sites for hydroxylation is 1. The molecule has 7 heteroatoms. The van der Waals surface area contributed by atoms with E-state index >= 15 is 0 Å². The summed E-state index contributed by atoms with van der Waals surface area (Å²) < 4.78 is 0.800. The van der Waals surface area contributed by atoms with Gasteiger partial charge in [-0.3, -0.25) is 9.59 Å². The number of nitrogens with one attached hydrogen (secondary N) is 1. The second-order valence-electron chi connectivity index (χ2n) is 11.2. The van der Waals surface area contributed by atoms with Crippen molar-refractivity contribution >= 4 is 21.8 Å². The number of aromatic amines is 1. The van der Waals surface area contributed by atoms with Gasteiger partial charge in [-0.1, -0.05) is 71.6 Å². The molecular formula is C31H34BrN3O3. The Hall–Kier alpha value is -2.77. The van der Waals surface area contributed by atoms with Crippen molar-refractivity contribution in [2.75, 3.05) is 6.54 Å². The molecule has 0 saturated heterocycles. The van der Waals surface area contributed by atoms with Gasteiger partial charge in [0.25, 0.3) is 11.5 Å². The lowest BCUT2D eigenvalue weighted by atomic mass is 9.82. The number of aliphatic hydroxyl groups is 1. The number of aliphatic hydroxyl groups excluding tert-OH is 1. The number of halogens is 1. The molecule has 198 valence electrons. The van der Waals surface area contributed by atoms with Crippen LogP contribution in [-0.2, 0) is 23.2 Å². The van der Waals surface area contributed by atoms with Crippen LogP contribution in [0.5, 0.6) is 0 Å². The summed E-state index contributed by atoms with van der Waals surface area (Å²) in [6.45, 7) is 0.635. The molecule has 3 aromatic rings. The van der Waals surface area contributed by atoms with Gasteiger partial charge in [0.1, 0.15) is 5.82 Å². The van der Waals surface area contributed by atoms with Crippen LogP contribution in [0.3, 0.4) is 0 Å². The minimum atomic E-state index is -1.27. The van der Waals surface area contributed by atoms with Crippen LogP contribution in [-0.4, -0.2) is 32.4 Å². The van der Waals surface area contributed by atoms with Crippen molar-refractivity contribution in [1.82, 2.24) is 14.9 Å². The second-order valence-corrected chi connectivity index (χ2v) is 12.1. The maximum Gasteiger partial charge on any atom is 0.256 e. The molecule has 0 bridgehead atoms. The summed E-state index contributed by atoms with van der Waals surface area (Å²) in [7, 11) is 0. The van der Waals surface area contributed by atoms with Crippen molar-refractivity contribution in [2.24, 2.45) is 0 Å². The van der Waals surface area contributed by atoms with Crippen molar-refractivity contribution in [1.29, 1.82) is 0 Å². The third kappa shape index (κ3) is 4.87. The minimum absolute atomic E-state index is 0.159. The summed E-state index contributed by atoms with van der Waals surface area (Å²) in [5, 5.41) is 10.8. The fourth-order valence-corrected chi connectivity index (χ4v) is 6.76. The molecule has 38 heavy (non-hydrogen) atoms. The fraction of sp³-hybridized carbons (Fsp3) is 0.452. The summed E-state index contributed by atoms with van der Waals surface area (Å²) in [6, 6.07) is 16.1. The Balaban J connectivity index is 1.26. The van der Waals surface area contributed by atoms with E-state index in [0.29, 0.717) is 36.4 Å². The normalized spacial score (nSPS) is 19.9. The van der Waals surface area contributed by atoms with Gasteiger partial charge in [-0.15, -0.1) is 0 Å². The van der Waals surface area contributed by atoms with Crippen molar-refractivity contribution in [3.8, 4) is 0 Å². The van der Waals surface area contributed by atoms with E-state index in [4.69, 9.17) is 4.98 Å². The number of aromatic nitrogens is 2. The highest BCUT2D eigenvalue weighted by Gasteiger charge is 2.49. The van der Waals surface area contributed by atoms with E-state index in [-0.39, 0.29) is 17.5 Å². The van der Waals surface area contributed by atoms with Gasteiger partial charge in [0, 0.05) is 11.0 Å². The third-order valence-electron chi connectivity index (χ3n) is 8.72. The molecule has 2 heterocycles. The Morgan fingerprint density at radius 3 is 2.63 bits per heavy atom. The van der Waals surface area contributed by atoms with E-state index in [1.54, 1.807) is 23.1 Å². The van der Waals surface area contributed by atoms with Crippen LogP contribution in [0.2, 0.25) is 0 Å². The lowest BCUT2D eigenvalue weighted by molar-refractivity contribution is -0.141. The van der Waals surface area contributed by atoms with Gasteiger partial charge in [0.05, 0.1) is 23.2 Å². The van der Waals surface area contributed by atoms with Gasteiger partial charge >= 0.3 is 0 Å². The number of carbonyl (C=O) groups excluding carboxylic acids is 1. The number of carbonyl (C=O) groups is 1. The maximum atomic E-state index is 13.4. The summed E-state index contributed by atoms with van der Waals surface area (Å²) in [5.41, 5.74) is 4.13. The Morgan fingerprint density at radius 1 is 1.08 bits per heavy atom. The summed E-state index contributed by atoms with van der Waals surface area (Å²) >= 11 is 3.40. The number of H-pyrrole nitrogens is 1. The van der Waals surface area contributed by atoms with Crippen LogP contribution in [0, 0.1) is 0 Å². The van der Waals surface area contributed by atoms with Crippen molar-refractivity contribution in [2.45, 2.75) is 81.8 Å². The number of nitrogens with zero attached hydrogens (tertiary/aromatic N) is 2. The van der Waals surface area contributed by atoms with Crippen LogP contribution in [0.25, 0.3) is 0 Å². The molecule has 2 aromatic carbocycles. The summed E-state index contributed by atoms with van der Waals surface area (Å²) in [4.78, 5) is 36.3. The van der Waals surface area contributed by atoms with Gasteiger partial charge in [-0.25, -0.2) is 4.98 Å². The minimum Gasteiger partial charge on any atom is -0.378 e. The summed E-state index contributed by atoms with van der Waals surface area (Å²) in [6.07, 6.45) is 8.49. The van der Waals surface area contributed by atoms with Crippen molar-refractivity contribution < 1.29 is 9.90 Å².